The van der Waals surface area contributed by atoms with Crippen molar-refractivity contribution in [2.75, 3.05) is 13.1 Å². The van der Waals surface area contributed by atoms with Gasteiger partial charge in [-0.2, -0.15) is 0 Å². The number of carbonyl (C=O) groups excluding carboxylic acids is 1. The number of carboxylic acid groups (broad SMARTS) is 1. The van der Waals surface area contributed by atoms with E-state index in [4.69, 9.17) is 9.52 Å². The lowest BCUT2D eigenvalue weighted by atomic mass is 10.2. The maximum Gasteiger partial charge on any atom is 0.323 e. The van der Waals surface area contributed by atoms with Gasteiger partial charge in [0.2, 0.25) is 0 Å². The van der Waals surface area contributed by atoms with E-state index < -0.39 is 18.4 Å². The molecule has 0 aliphatic rings. The van der Waals surface area contributed by atoms with Gasteiger partial charge in [0, 0.05) is 12.6 Å². The minimum atomic E-state index is -1.12. The summed E-state index contributed by atoms with van der Waals surface area (Å²) in [7, 11) is 0. The maximum absolute atomic E-state index is 12.1. The molecule has 0 radical (unpaired) electrons. The molecule has 1 aromatic heterocycles. The number of aliphatic carboxylic acids is 1. The number of nitrogens with zero attached hydrogens (tertiary/aromatic N) is 1. The number of likely N-dealkylation sites (N-methyl/N-ethyl adjacent to an activating group) is 1. The van der Waals surface area contributed by atoms with Crippen LogP contribution in [0.5, 0.6) is 0 Å². The van der Waals surface area contributed by atoms with Crippen molar-refractivity contribution in [2.24, 2.45) is 0 Å². The Kier molecular flexibility index (Phi) is 3.84. The molecule has 1 heterocycles. The fourth-order valence-electron chi connectivity index (χ4n) is 1.86. The molecule has 0 aliphatic heterocycles. The van der Waals surface area contributed by atoms with Crippen molar-refractivity contribution in [3.8, 4) is 0 Å². The molecule has 0 atom stereocenters. The van der Waals surface area contributed by atoms with Crippen LogP contribution in [0.3, 0.4) is 0 Å². The molecule has 1 N–H and O–H groups in total. The largest absolute Gasteiger partial charge is 0.480 e. The highest BCUT2D eigenvalue weighted by Gasteiger charge is 2.20. The smallest absolute Gasteiger partial charge is 0.323 e. The summed E-state index contributed by atoms with van der Waals surface area (Å²) in [4.78, 5) is 35.8. The maximum atomic E-state index is 12.1. The van der Waals surface area contributed by atoms with Gasteiger partial charge in [-0.15, -0.1) is 0 Å². The number of carboxylic acids is 1. The van der Waals surface area contributed by atoms with Crippen molar-refractivity contribution >= 4 is 22.8 Å². The molecule has 104 valence electrons. The molecule has 2 aromatic rings. The zero-order valence-electron chi connectivity index (χ0n) is 10.8. The van der Waals surface area contributed by atoms with Crippen LogP contribution in [0.25, 0.3) is 11.0 Å². The average Bonchev–Trinajstić information content (AvgIpc) is 2.43. The SMILES string of the molecule is CCN(CC(=O)O)C(=O)c1cc(=O)c2ccccc2o1. The summed E-state index contributed by atoms with van der Waals surface area (Å²) in [6.45, 7) is 1.42. The second kappa shape index (κ2) is 5.56. The summed E-state index contributed by atoms with van der Waals surface area (Å²) >= 11 is 0. The Labute approximate surface area is 114 Å². The fourth-order valence-corrected chi connectivity index (χ4v) is 1.86. The third kappa shape index (κ3) is 2.69. The second-order valence-corrected chi connectivity index (χ2v) is 4.18. The van der Waals surface area contributed by atoms with Crippen LogP contribution in [0.2, 0.25) is 0 Å². The Balaban J connectivity index is 2.44. The highest BCUT2D eigenvalue weighted by Crippen LogP contribution is 2.13. The Morgan fingerprint density at radius 2 is 2.00 bits per heavy atom. The van der Waals surface area contributed by atoms with Crippen LogP contribution >= 0.6 is 0 Å². The molecule has 6 heteroatoms. The normalized spacial score (nSPS) is 10.4. The predicted molar refractivity (Wildman–Crippen MR) is 71.7 cm³/mol. The van der Waals surface area contributed by atoms with Gasteiger partial charge in [-0.1, -0.05) is 12.1 Å². The van der Waals surface area contributed by atoms with Crippen molar-refractivity contribution in [3.63, 3.8) is 0 Å². The number of rotatable bonds is 4. The number of para-hydroxylation sites is 1. The van der Waals surface area contributed by atoms with E-state index >= 15 is 0 Å². The first-order valence-corrected chi connectivity index (χ1v) is 6.07. The average molecular weight is 275 g/mol. The van der Waals surface area contributed by atoms with E-state index in [1.165, 1.54) is 0 Å². The highest BCUT2D eigenvalue weighted by molar-refractivity contribution is 5.94. The number of hydrogen-bond donors (Lipinski definition) is 1. The summed E-state index contributed by atoms with van der Waals surface area (Å²) in [6, 6.07) is 7.67. The first-order chi connectivity index (χ1) is 9.52. The number of amides is 1. The van der Waals surface area contributed by atoms with Crippen molar-refractivity contribution in [2.45, 2.75) is 6.92 Å². The van der Waals surface area contributed by atoms with Gasteiger partial charge in [-0.05, 0) is 19.1 Å². The van der Waals surface area contributed by atoms with Gasteiger partial charge in [0.05, 0.1) is 5.39 Å². The van der Waals surface area contributed by atoms with Gasteiger partial charge in [0.15, 0.2) is 11.2 Å². The van der Waals surface area contributed by atoms with Crippen LogP contribution in [-0.2, 0) is 4.79 Å². The standard InChI is InChI=1S/C14H13NO5/c1-2-15(8-13(17)18)14(19)12-7-10(16)9-5-3-4-6-11(9)20-12/h3-7H,2,8H2,1H3,(H,17,18). The van der Waals surface area contributed by atoms with E-state index in [1.54, 1.807) is 31.2 Å². The van der Waals surface area contributed by atoms with E-state index in [9.17, 15) is 14.4 Å². The van der Waals surface area contributed by atoms with Crippen LogP contribution in [-0.4, -0.2) is 35.0 Å². The van der Waals surface area contributed by atoms with E-state index in [0.29, 0.717) is 11.0 Å². The minimum absolute atomic E-state index is 0.156. The Bertz CT molecular complexity index is 719. The molecule has 20 heavy (non-hydrogen) atoms. The lowest BCUT2D eigenvalue weighted by Gasteiger charge is -2.17. The minimum Gasteiger partial charge on any atom is -0.480 e. The summed E-state index contributed by atoms with van der Waals surface area (Å²) in [5.41, 5.74) is -0.0312. The topological polar surface area (TPSA) is 87.8 Å². The molecule has 0 bridgehead atoms. The lowest BCUT2D eigenvalue weighted by Crippen LogP contribution is -2.35. The van der Waals surface area contributed by atoms with Gasteiger partial charge in [0.1, 0.15) is 12.1 Å². The molecule has 0 saturated carbocycles. The molecule has 0 aliphatic carbocycles. The van der Waals surface area contributed by atoms with Gasteiger partial charge in [0.25, 0.3) is 5.91 Å². The summed E-state index contributed by atoms with van der Waals surface area (Å²) in [5.74, 6) is -1.89. The van der Waals surface area contributed by atoms with Gasteiger partial charge in [-0.3, -0.25) is 14.4 Å². The highest BCUT2D eigenvalue weighted by atomic mass is 16.4. The van der Waals surface area contributed by atoms with Crippen LogP contribution < -0.4 is 5.43 Å². The summed E-state index contributed by atoms with van der Waals surface area (Å²) in [5, 5.41) is 9.13. The molecular formula is C14H13NO5. The first-order valence-electron chi connectivity index (χ1n) is 6.07. The molecule has 0 fully saturated rings. The molecule has 0 unspecified atom stereocenters. The van der Waals surface area contributed by atoms with Crippen LogP contribution in [0, 0.1) is 0 Å². The summed E-state index contributed by atoms with van der Waals surface area (Å²) < 4.78 is 5.38. The number of fused-ring (bicyclic) bond motifs is 1. The third-order valence-corrected chi connectivity index (χ3v) is 2.84. The van der Waals surface area contributed by atoms with E-state index in [-0.39, 0.29) is 17.7 Å². The first kappa shape index (κ1) is 13.8. The predicted octanol–water partition coefficient (Wildman–Crippen LogP) is 1.34. The Morgan fingerprint density at radius 3 is 2.65 bits per heavy atom. The molecule has 1 aromatic carbocycles. The number of carbonyl (C=O) groups is 2. The Morgan fingerprint density at radius 1 is 1.30 bits per heavy atom. The monoisotopic (exact) mass is 275 g/mol. The van der Waals surface area contributed by atoms with E-state index in [0.717, 1.165) is 11.0 Å². The number of hydrogen-bond acceptors (Lipinski definition) is 4. The molecule has 6 nitrogen and oxygen atoms in total. The molecular weight excluding hydrogens is 262 g/mol. The zero-order valence-corrected chi connectivity index (χ0v) is 10.8. The third-order valence-electron chi connectivity index (χ3n) is 2.84. The van der Waals surface area contributed by atoms with Gasteiger partial charge in [-0.25, -0.2) is 0 Å². The van der Waals surface area contributed by atoms with Crippen molar-refractivity contribution < 1.29 is 19.1 Å². The van der Waals surface area contributed by atoms with Crippen LogP contribution in [0.1, 0.15) is 17.5 Å². The van der Waals surface area contributed by atoms with E-state index in [2.05, 4.69) is 0 Å². The van der Waals surface area contributed by atoms with Crippen molar-refractivity contribution in [1.82, 2.24) is 4.90 Å². The fraction of sp³-hybridized carbons (Fsp3) is 0.214. The van der Waals surface area contributed by atoms with Crippen LogP contribution in [0.15, 0.2) is 39.5 Å². The quantitative estimate of drug-likeness (QED) is 0.909. The van der Waals surface area contributed by atoms with Crippen molar-refractivity contribution in [3.05, 3.63) is 46.3 Å². The molecule has 0 saturated heterocycles. The number of benzene rings is 1. The summed E-state index contributed by atoms with van der Waals surface area (Å²) in [6.07, 6.45) is 0. The van der Waals surface area contributed by atoms with Gasteiger partial charge < -0.3 is 14.4 Å². The Hall–Kier alpha value is -2.63. The zero-order chi connectivity index (χ0) is 14.7. The second-order valence-electron chi connectivity index (χ2n) is 4.18. The molecule has 2 rings (SSSR count). The van der Waals surface area contributed by atoms with Crippen LogP contribution in [0.4, 0.5) is 0 Å². The van der Waals surface area contributed by atoms with E-state index in [1.807, 2.05) is 0 Å². The molecule has 0 spiro atoms. The van der Waals surface area contributed by atoms with Gasteiger partial charge >= 0.3 is 5.97 Å². The molecule has 1 amide bonds. The lowest BCUT2D eigenvalue weighted by molar-refractivity contribution is -0.137. The van der Waals surface area contributed by atoms with Crippen molar-refractivity contribution in [1.29, 1.82) is 0 Å².